The number of allylic oxidation sites excluding steroid dienone is 1. The Bertz CT molecular complexity index is 906. The number of ether oxygens (including phenoxy) is 2. The molecule has 1 atom stereocenters. The molecule has 0 bridgehead atoms. The Kier molecular flexibility index (Phi) is 6.54. The Hall–Kier alpha value is -3.28. The van der Waals surface area contributed by atoms with Crippen molar-refractivity contribution in [2.75, 3.05) is 6.61 Å². The lowest BCUT2D eigenvalue weighted by atomic mass is 9.95. The number of hydrogen-bond donors (Lipinski definition) is 2. The number of para-hydroxylation sites is 1. The molecular formula is C23H26N2O4. The van der Waals surface area contributed by atoms with E-state index in [4.69, 9.17) is 9.47 Å². The molecule has 2 amide bonds. The molecule has 0 aliphatic carbocycles. The van der Waals surface area contributed by atoms with Crippen molar-refractivity contribution >= 4 is 12.0 Å². The quantitative estimate of drug-likeness (QED) is 0.694. The van der Waals surface area contributed by atoms with Gasteiger partial charge in [0.15, 0.2) is 0 Å². The minimum Gasteiger partial charge on any atom is -0.493 e. The van der Waals surface area contributed by atoms with Crippen molar-refractivity contribution in [3.05, 3.63) is 77.0 Å². The average molecular weight is 394 g/mol. The minimum atomic E-state index is -0.657. The largest absolute Gasteiger partial charge is 0.493 e. The third kappa shape index (κ3) is 5.16. The second kappa shape index (κ2) is 9.28. The van der Waals surface area contributed by atoms with Crippen LogP contribution in [0.5, 0.6) is 5.75 Å². The lowest BCUT2D eigenvalue weighted by Gasteiger charge is -2.29. The van der Waals surface area contributed by atoms with Crippen LogP contribution in [-0.4, -0.2) is 18.6 Å². The number of hydrogen-bond acceptors (Lipinski definition) is 4. The van der Waals surface area contributed by atoms with Crippen LogP contribution in [0.4, 0.5) is 4.79 Å². The number of carbonyl (C=O) groups is 2. The van der Waals surface area contributed by atoms with Crippen LogP contribution in [0.2, 0.25) is 0 Å². The Morgan fingerprint density at radius 3 is 2.48 bits per heavy atom. The van der Waals surface area contributed by atoms with Gasteiger partial charge in [0.25, 0.3) is 0 Å². The maximum absolute atomic E-state index is 12.9. The topological polar surface area (TPSA) is 76.7 Å². The van der Waals surface area contributed by atoms with Gasteiger partial charge >= 0.3 is 12.0 Å². The molecular weight excluding hydrogens is 368 g/mol. The summed E-state index contributed by atoms with van der Waals surface area (Å²) in [7, 11) is 0. The van der Waals surface area contributed by atoms with Gasteiger partial charge in [-0.15, -0.1) is 0 Å². The average Bonchev–Trinajstić information content (AvgIpc) is 2.71. The maximum atomic E-state index is 12.9. The van der Waals surface area contributed by atoms with E-state index in [1.54, 1.807) is 6.92 Å². The first-order valence-corrected chi connectivity index (χ1v) is 9.66. The molecule has 0 saturated carbocycles. The Balaban J connectivity index is 1.87. The van der Waals surface area contributed by atoms with Crippen molar-refractivity contribution in [1.82, 2.24) is 10.6 Å². The van der Waals surface area contributed by atoms with Crippen LogP contribution >= 0.6 is 0 Å². The maximum Gasteiger partial charge on any atom is 0.338 e. The molecule has 0 fully saturated rings. The van der Waals surface area contributed by atoms with Crippen LogP contribution in [0.25, 0.3) is 0 Å². The van der Waals surface area contributed by atoms with Gasteiger partial charge < -0.3 is 20.1 Å². The minimum absolute atomic E-state index is 0.155. The van der Waals surface area contributed by atoms with Gasteiger partial charge in [-0.1, -0.05) is 62.4 Å². The van der Waals surface area contributed by atoms with Crippen molar-refractivity contribution < 1.29 is 19.1 Å². The van der Waals surface area contributed by atoms with Gasteiger partial charge in [0, 0.05) is 11.3 Å². The highest BCUT2D eigenvalue weighted by Crippen LogP contribution is 2.33. The molecule has 1 unspecified atom stereocenters. The molecule has 2 N–H and O–H groups in total. The lowest BCUT2D eigenvalue weighted by Crippen LogP contribution is -2.45. The summed E-state index contributed by atoms with van der Waals surface area (Å²) in [6, 6.07) is 15.9. The van der Waals surface area contributed by atoms with E-state index >= 15 is 0 Å². The van der Waals surface area contributed by atoms with Crippen LogP contribution < -0.4 is 15.4 Å². The zero-order valence-electron chi connectivity index (χ0n) is 16.9. The third-order valence-electron chi connectivity index (χ3n) is 4.50. The van der Waals surface area contributed by atoms with Crippen LogP contribution in [0.15, 0.2) is 65.9 Å². The second-order valence-corrected chi connectivity index (χ2v) is 7.37. The van der Waals surface area contributed by atoms with Crippen molar-refractivity contribution in [3.63, 3.8) is 0 Å². The van der Waals surface area contributed by atoms with E-state index in [1.165, 1.54) is 0 Å². The van der Waals surface area contributed by atoms with Crippen molar-refractivity contribution in [1.29, 1.82) is 0 Å². The summed E-state index contributed by atoms with van der Waals surface area (Å²) in [6.07, 6.45) is 0. The van der Waals surface area contributed by atoms with E-state index in [9.17, 15) is 9.59 Å². The molecule has 0 spiro atoms. The molecule has 3 rings (SSSR count). The Morgan fingerprint density at radius 2 is 1.76 bits per heavy atom. The Morgan fingerprint density at radius 1 is 1.07 bits per heavy atom. The first-order valence-electron chi connectivity index (χ1n) is 9.66. The molecule has 0 radical (unpaired) electrons. The third-order valence-corrected chi connectivity index (χ3v) is 4.50. The highest BCUT2D eigenvalue weighted by molar-refractivity contribution is 5.95. The summed E-state index contributed by atoms with van der Waals surface area (Å²) in [5.74, 6) is 0.496. The molecule has 1 aliphatic heterocycles. The van der Waals surface area contributed by atoms with Crippen molar-refractivity contribution in [2.24, 2.45) is 5.92 Å². The molecule has 29 heavy (non-hydrogen) atoms. The van der Waals surface area contributed by atoms with E-state index in [0.29, 0.717) is 35.1 Å². The summed E-state index contributed by atoms with van der Waals surface area (Å²) in [4.78, 5) is 25.1. The van der Waals surface area contributed by atoms with Gasteiger partial charge in [-0.3, -0.25) is 0 Å². The summed E-state index contributed by atoms with van der Waals surface area (Å²) in [5.41, 5.74) is 2.44. The van der Waals surface area contributed by atoms with Crippen molar-refractivity contribution in [3.8, 4) is 5.75 Å². The van der Waals surface area contributed by atoms with Gasteiger partial charge in [0.05, 0.1) is 18.2 Å². The van der Waals surface area contributed by atoms with Gasteiger partial charge in [0.1, 0.15) is 12.4 Å². The highest BCUT2D eigenvalue weighted by atomic mass is 16.5. The van der Waals surface area contributed by atoms with Crippen molar-refractivity contribution in [2.45, 2.75) is 33.4 Å². The number of benzene rings is 2. The normalized spacial score (nSPS) is 16.3. The fourth-order valence-electron chi connectivity index (χ4n) is 3.11. The number of rotatable bonds is 7. The van der Waals surface area contributed by atoms with Crippen LogP contribution in [0, 0.1) is 5.92 Å². The van der Waals surface area contributed by atoms with Gasteiger partial charge in [0.2, 0.25) is 0 Å². The SMILES string of the molecule is CC1=C(C(=O)OCc2ccccc2)C(c2ccccc2OCC(C)C)NC(=O)N1. The zero-order valence-corrected chi connectivity index (χ0v) is 16.9. The van der Waals surface area contributed by atoms with Crippen LogP contribution in [0.3, 0.4) is 0 Å². The van der Waals surface area contributed by atoms with E-state index in [1.807, 2.05) is 54.6 Å². The van der Waals surface area contributed by atoms with Crippen LogP contribution in [0.1, 0.15) is 37.9 Å². The fraction of sp³-hybridized carbons (Fsp3) is 0.304. The van der Waals surface area contributed by atoms with Crippen LogP contribution in [-0.2, 0) is 16.1 Å². The molecule has 2 aromatic carbocycles. The van der Waals surface area contributed by atoms with Gasteiger partial charge in [-0.25, -0.2) is 9.59 Å². The number of carbonyl (C=O) groups excluding carboxylic acids is 2. The smallest absolute Gasteiger partial charge is 0.338 e. The molecule has 6 nitrogen and oxygen atoms in total. The number of amides is 2. The molecule has 0 saturated heterocycles. The second-order valence-electron chi connectivity index (χ2n) is 7.37. The molecule has 1 aliphatic rings. The summed E-state index contributed by atoms with van der Waals surface area (Å²) >= 11 is 0. The summed E-state index contributed by atoms with van der Waals surface area (Å²) in [6.45, 7) is 6.51. The predicted molar refractivity (Wildman–Crippen MR) is 110 cm³/mol. The number of esters is 1. The molecule has 1 heterocycles. The van der Waals surface area contributed by atoms with E-state index in [0.717, 1.165) is 5.56 Å². The summed E-state index contributed by atoms with van der Waals surface area (Å²) in [5, 5.41) is 5.50. The van der Waals surface area contributed by atoms with E-state index < -0.39 is 12.0 Å². The zero-order chi connectivity index (χ0) is 20.8. The fourth-order valence-corrected chi connectivity index (χ4v) is 3.11. The summed E-state index contributed by atoms with van der Waals surface area (Å²) < 4.78 is 11.5. The number of urea groups is 1. The molecule has 0 aromatic heterocycles. The monoisotopic (exact) mass is 394 g/mol. The van der Waals surface area contributed by atoms with Gasteiger partial charge in [-0.05, 0) is 24.5 Å². The first kappa shape index (κ1) is 20.5. The number of nitrogens with one attached hydrogen (secondary N) is 2. The molecule has 152 valence electrons. The first-order chi connectivity index (χ1) is 14.0. The van der Waals surface area contributed by atoms with E-state index in [-0.39, 0.29) is 12.6 Å². The molecule has 6 heteroatoms. The van der Waals surface area contributed by atoms with Gasteiger partial charge in [-0.2, -0.15) is 0 Å². The molecule has 2 aromatic rings. The lowest BCUT2D eigenvalue weighted by molar-refractivity contribution is -0.140. The predicted octanol–water partition coefficient (Wildman–Crippen LogP) is 4.09. The Labute approximate surface area is 170 Å². The highest BCUT2D eigenvalue weighted by Gasteiger charge is 2.34. The standard InChI is InChI=1S/C23H26N2O4/c1-15(2)13-28-19-12-8-7-11-18(19)21-20(16(3)24-23(27)25-21)22(26)29-14-17-9-5-4-6-10-17/h4-12,15,21H,13-14H2,1-3H3,(H2,24,25,27). The van der Waals surface area contributed by atoms with E-state index in [2.05, 4.69) is 24.5 Å².